The molecule has 5 heteroatoms. The summed E-state index contributed by atoms with van der Waals surface area (Å²) in [6.45, 7) is 2.62. The number of pyridine rings is 1. The first-order valence-corrected chi connectivity index (χ1v) is 7.62. The van der Waals surface area contributed by atoms with Crippen molar-refractivity contribution in [3.63, 3.8) is 0 Å². The van der Waals surface area contributed by atoms with Crippen molar-refractivity contribution in [1.82, 2.24) is 10.3 Å². The van der Waals surface area contributed by atoms with Gasteiger partial charge in [0.15, 0.2) is 0 Å². The number of carbonyl (C=O) groups is 1. The van der Waals surface area contributed by atoms with E-state index in [4.69, 9.17) is 4.74 Å². The molecular weight excluding hydrogens is 290 g/mol. The van der Waals surface area contributed by atoms with Crippen molar-refractivity contribution in [3.8, 4) is 0 Å². The Bertz CT molecular complexity index is 612. The molecule has 0 aliphatic rings. The fourth-order valence-corrected chi connectivity index (χ4v) is 1.99. The Morgan fingerprint density at radius 1 is 1.17 bits per heavy atom. The smallest absolute Gasteiger partial charge is 0.249 e. The summed E-state index contributed by atoms with van der Waals surface area (Å²) in [7, 11) is 3.88. The summed E-state index contributed by atoms with van der Waals surface area (Å²) < 4.78 is 5.59. The second-order valence-electron chi connectivity index (χ2n) is 5.58. The molecule has 0 aliphatic heterocycles. The van der Waals surface area contributed by atoms with Gasteiger partial charge in [-0.1, -0.05) is 36.4 Å². The summed E-state index contributed by atoms with van der Waals surface area (Å²) in [5.41, 5.74) is 2.01. The maximum Gasteiger partial charge on any atom is 0.249 e. The van der Waals surface area contributed by atoms with Crippen molar-refractivity contribution < 1.29 is 9.53 Å². The van der Waals surface area contributed by atoms with E-state index in [2.05, 4.69) is 10.3 Å². The highest BCUT2D eigenvalue weighted by atomic mass is 16.5. The number of hydrogen-bond donors (Lipinski definition) is 1. The van der Waals surface area contributed by atoms with Crippen molar-refractivity contribution in [1.29, 1.82) is 0 Å². The van der Waals surface area contributed by atoms with Crippen LogP contribution in [0.15, 0.2) is 48.7 Å². The Hall–Kier alpha value is -2.40. The molecule has 1 aromatic carbocycles. The minimum atomic E-state index is -0.496. The van der Waals surface area contributed by atoms with E-state index < -0.39 is 6.10 Å². The molecule has 1 heterocycles. The maximum absolute atomic E-state index is 12.0. The van der Waals surface area contributed by atoms with Crippen molar-refractivity contribution in [3.05, 3.63) is 59.8 Å². The lowest BCUT2D eigenvalue weighted by atomic mass is 10.2. The Balaban J connectivity index is 1.77. The Morgan fingerprint density at radius 2 is 1.91 bits per heavy atom. The molecule has 0 fully saturated rings. The molecule has 0 unspecified atom stereocenters. The van der Waals surface area contributed by atoms with Gasteiger partial charge in [-0.25, -0.2) is 4.98 Å². The van der Waals surface area contributed by atoms with Gasteiger partial charge in [-0.15, -0.1) is 0 Å². The van der Waals surface area contributed by atoms with E-state index in [9.17, 15) is 4.79 Å². The van der Waals surface area contributed by atoms with E-state index in [-0.39, 0.29) is 5.91 Å². The van der Waals surface area contributed by atoms with E-state index in [1.807, 2.05) is 61.5 Å². The van der Waals surface area contributed by atoms with Gasteiger partial charge in [-0.05, 0) is 24.1 Å². The molecule has 2 aromatic rings. The molecule has 1 atom stereocenters. The van der Waals surface area contributed by atoms with Gasteiger partial charge < -0.3 is 15.0 Å². The predicted octanol–water partition coefficient (Wildman–Crippen LogP) is 2.37. The van der Waals surface area contributed by atoms with Crippen LogP contribution in [0.1, 0.15) is 18.1 Å². The van der Waals surface area contributed by atoms with Crippen molar-refractivity contribution in [2.24, 2.45) is 0 Å². The monoisotopic (exact) mass is 313 g/mol. The van der Waals surface area contributed by atoms with Gasteiger partial charge in [0, 0.05) is 26.8 Å². The molecule has 2 rings (SSSR count). The summed E-state index contributed by atoms with van der Waals surface area (Å²) in [4.78, 5) is 18.3. The average Bonchev–Trinajstić information content (AvgIpc) is 2.58. The number of aromatic nitrogens is 1. The fourth-order valence-electron chi connectivity index (χ4n) is 1.99. The van der Waals surface area contributed by atoms with Crippen LogP contribution in [0.25, 0.3) is 0 Å². The van der Waals surface area contributed by atoms with E-state index >= 15 is 0 Å². The van der Waals surface area contributed by atoms with E-state index in [1.54, 1.807) is 13.1 Å². The fraction of sp³-hybridized carbons (Fsp3) is 0.333. The van der Waals surface area contributed by atoms with Gasteiger partial charge in [0.25, 0.3) is 0 Å². The van der Waals surface area contributed by atoms with Crippen LogP contribution in [-0.4, -0.2) is 31.1 Å². The maximum atomic E-state index is 12.0. The quantitative estimate of drug-likeness (QED) is 0.852. The van der Waals surface area contributed by atoms with Crippen LogP contribution in [-0.2, 0) is 22.7 Å². The van der Waals surface area contributed by atoms with Gasteiger partial charge in [0.05, 0.1) is 6.61 Å². The van der Waals surface area contributed by atoms with Crippen molar-refractivity contribution in [2.75, 3.05) is 19.0 Å². The van der Waals surface area contributed by atoms with Gasteiger partial charge in [-0.2, -0.15) is 0 Å². The largest absolute Gasteiger partial charge is 0.364 e. The number of ether oxygens (including phenoxy) is 1. The van der Waals surface area contributed by atoms with Crippen LogP contribution in [0, 0.1) is 0 Å². The lowest BCUT2D eigenvalue weighted by molar-refractivity contribution is -0.132. The zero-order valence-electron chi connectivity index (χ0n) is 13.8. The van der Waals surface area contributed by atoms with Gasteiger partial charge in [0.1, 0.15) is 11.9 Å². The number of hydrogen-bond acceptors (Lipinski definition) is 4. The second kappa shape index (κ2) is 8.29. The summed E-state index contributed by atoms with van der Waals surface area (Å²) in [5, 5.41) is 2.87. The molecule has 1 aromatic heterocycles. The van der Waals surface area contributed by atoms with Crippen LogP contribution >= 0.6 is 0 Å². The molecule has 0 aliphatic carbocycles. The molecule has 0 saturated carbocycles. The van der Waals surface area contributed by atoms with Gasteiger partial charge in [-0.3, -0.25) is 4.79 Å². The van der Waals surface area contributed by atoms with E-state index in [0.717, 1.165) is 16.9 Å². The number of anilines is 1. The first kappa shape index (κ1) is 17.0. The van der Waals surface area contributed by atoms with Crippen LogP contribution in [0.3, 0.4) is 0 Å². The highest BCUT2D eigenvalue weighted by Crippen LogP contribution is 2.08. The lowest BCUT2D eigenvalue weighted by Gasteiger charge is -2.14. The first-order valence-electron chi connectivity index (χ1n) is 7.62. The van der Waals surface area contributed by atoms with Crippen molar-refractivity contribution >= 4 is 11.7 Å². The SMILES string of the molecule is C[C@H](OCc1ccccc1)C(=O)NCc1ccc(N(C)C)nc1. The summed E-state index contributed by atoms with van der Waals surface area (Å²) in [5.74, 6) is 0.761. The Kier molecular flexibility index (Phi) is 6.11. The topological polar surface area (TPSA) is 54.5 Å². The zero-order chi connectivity index (χ0) is 16.7. The highest BCUT2D eigenvalue weighted by molar-refractivity contribution is 5.80. The number of nitrogens with one attached hydrogen (secondary N) is 1. The number of nitrogens with zero attached hydrogens (tertiary/aromatic N) is 2. The molecule has 122 valence electrons. The second-order valence-corrected chi connectivity index (χ2v) is 5.58. The summed E-state index contributed by atoms with van der Waals surface area (Å²) >= 11 is 0. The Labute approximate surface area is 137 Å². The molecular formula is C18H23N3O2. The van der Waals surface area contributed by atoms with Crippen LogP contribution in [0.4, 0.5) is 5.82 Å². The lowest BCUT2D eigenvalue weighted by Crippen LogP contribution is -2.34. The average molecular weight is 313 g/mol. The number of rotatable bonds is 7. The summed E-state index contributed by atoms with van der Waals surface area (Å²) in [6.07, 6.45) is 1.27. The third-order valence-corrected chi connectivity index (χ3v) is 3.45. The molecule has 0 spiro atoms. The van der Waals surface area contributed by atoms with E-state index in [0.29, 0.717) is 13.2 Å². The Morgan fingerprint density at radius 3 is 2.52 bits per heavy atom. The third-order valence-electron chi connectivity index (χ3n) is 3.45. The van der Waals surface area contributed by atoms with E-state index in [1.165, 1.54) is 0 Å². The number of amides is 1. The zero-order valence-corrected chi connectivity index (χ0v) is 13.8. The molecule has 23 heavy (non-hydrogen) atoms. The first-order chi connectivity index (χ1) is 11.1. The van der Waals surface area contributed by atoms with Crippen LogP contribution < -0.4 is 10.2 Å². The van der Waals surface area contributed by atoms with Gasteiger partial charge in [0.2, 0.25) is 5.91 Å². The number of benzene rings is 1. The number of carbonyl (C=O) groups excluding carboxylic acids is 1. The molecule has 5 nitrogen and oxygen atoms in total. The van der Waals surface area contributed by atoms with Crippen molar-refractivity contribution in [2.45, 2.75) is 26.2 Å². The molecule has 0 radical (unpaired) electrons. The minimum Gasteiger partial charge on any atom is -0.364 e. The third kappa shape index (κ3) is 5.38. The van der Waals surface area contributed by atoms with Gasteiger partial charge >= 0.3 is 0 Å². The molecule has 0 bridgehead atoms. The standard InChI is InChI=1S/C18H23N3O2/c1-14(23-13-15-7-5-4-6-8-15)18(22)20-12-16-9-10-17(19-11-16)21(2)3/h4-11,14H,12-13H2,1-3H3,(H,20,22)/t14-/m0/s1. The minimum absolute atomic E-state index is 0.127. The normalized spacial score (nSPS) is 11.8. The molecule has 1 N–H and O–H groups in total. The summed E-state index contributed by atoms with van der Waals surface area (Å²) in [6, 6.07) is 13.7. The molecule has 0 saturated heterocycles. The van der Waals surface area contributed by atoms with Crippen LogP contribution in [0.5, 0.6) is 0 Å². The predicted molar refractivity (Wildman–Crippen MR) is 91.1 cm³/mol. The van der Waals surface area contributed by atoms with Crippen LogP contribution in [0.2, 0.25) is 0 Å². The molecule has 1 amide bonds. The highest BCUT2D eigenvalue weighted by Gasteiger charge is 2.13.